The molecule has 0 saturated carbocycles. The number of hydrogen-bond acceptors (Lipinski definition) is 2. The van der Waals surface area contributed by atoms with Crippen molar-refractivity contribution < 1.29 is 4.74 Å². The van der Waals surface area contributed by atoms with Gasteiger partial charge in [-0.15, -0.1) is 0 Å². The molecule has 1 aliphatic rings. The van der Waals surface area contributed by atoms with Crippen molar-refractivity contribution in [3.05, 3.63) is 29.3 Å². The van der Waals surface area contributed by atoms with Crippen molar-refractivity contribution in [2.24, 2.45) is 5.41 Å². The number of ether oxygens (including phenoxy) is 1. The van der Waals surface area contributed by atoms with Gasteiger partial charge in [0.2, 0.25) is 0 Å². The average Bonchev–Trinajstić information content (AvgIpc) is 2.53. The van der Waals surface area contributed by atoms with Crippen LogP contribution in [0.2, 0.25) is 0 Å². The molecule has 1 aromatic rings. The summed E-state index contributed by atoms with van der Waals surface area (Å²) in [6, 6.07) is 6.70. The first-order valence-corrected chi connectivity index (χ1v) is 9.22. The number of thiol groups is 1. The predicted molar refractivity (Wildman–Crippen MR) is 94.7 cm³/mol. The minimum Gasteiger partial charge on any atom is -0.493 e. The second-order valence-corrected chi connectivity index (χ2v) is 6.90. The van der Waals surface area contributed by atoms with Gasteiger partial charge in [0.15, 0.2) is 0 Å². The molecule has 1 nitrogen and oxygen atoms in total. The van der Waals surface area contributed by atoms with Crippen molar-refractivity contribution in [3.63, 3.8) is 0 Å². The van der Waals surface area contributed by atoms with Crippen molar-refractivity contribution in [1.82, 2.24) is 0 Å². The van der Waals surface area contributed by atoms with E-state index in [1.807, 2.05) is 0 Å². The van der Waals surface area contributed by atoms with E-state index >= 15 is 0 Å². The predicted octanol–water partition coefficient (Wildman–Crippen LogP) is 5.46. The molecule has 0 saturated heterocycles. The lowest BCUT2D eigenvalue weighted by molar-refractivity contribution is 0.143. The Morgan fingerprint density at radius 1 is 1.05 bits per heavy atom. The van der Waals surface area contributed by atoms with Crippen LogP contribution in [0.25, 0.3) is 0 Å². The van der Waals surface area contributed by atoms with Crippen LogP contribution in [0.5, 0.6) is 5.75 Å². The van der Waals surface area contributed by atoms with Crippen molar-refractivity contribution in [1.29, 1.82) is 0 Å². The van der Waals surface area contributed by atoms with Gasteiger partial charge in [-0.1, -0.05) is 32.8 Å². The average molecular weight is 307 g/mol. The van der Waals surface area contributed by atoms with Gasteiger partial charge in [0.05, 0.1) is 6.61 Å². The number of benzene rings is 1. The van der Waals surface area contributed by atoms with E-state index in [-0.39, 0.29) is 5.41 Å². The molecule has 118 valence electrons. The second-order valence-electron chi connectivity index (χ2n) is 6.58. The Kier molecular flexibility index (Phi) is 6.47. The summed E-state index contributed by atoms with van der Waals surface area (Å²) in [6.07, 6.45) is 9.93. The molecule has 1 aliphatic carbocycles. The molecule has 0 amide bonds. The molecule has 21 heavy (non-hydrogen) atoms. The maximum absolute atomic E-state index is 6.18. The second kappa shape index (κ2) is 8.12. The van der Waals surface area contributed by atoms with Crippen molar-refractivity contribution in [2.75, 3.05) is 12.4 Å². The zero-order chi connectivity index (χ0) is 15.1. The summed E-state index contributed by atoms with van der Waals surface area (Å²) in [6.45, 7) is 5.32. The number of aryl methyl sites for hydroxylation is 2. The molecule has 0 fully saturated rings. The molecule has 1 aromatic carbocycles. The fourth-order valence-corrected chi connectivity index (χ4v) is 3.98. The molecule has 0 bridgehead atoms. The van der Waals surface area contributed by atoms with Crippen LogP contribution in [0.4, 0.5) is 0 Å². The SMILES string of the molecule is CCCC(CS)(CCC)COc1ccc2c(c1)CCCC2. The third-order valence-electron chi connectivity index (χ3n) is 4.76. The molecule has 2 heteroatoms. The van der Waals surface area contributed by atoms with Gasteiger partial charge >= 0.3 is 0 Å². The normalized spacial score (nSPS) is 14.8. The lowest BCUT2D eigenvalue weighted by Gasteiger charge is -2.32. The van der Waals surface area contributed by atoms with Crippen LogP contribution in [-0.4, -0.2) is 12.4 Å². The molecule has 0 N–H and O–H groups in total. The third-order valence-corrected chi connectivity index (χ3v) is 5.43. The molecule has 0 aliphatic heterocycles. The highest BCUT2D eigenvalue weighted by Gasteiger charge is 2.28. The van der Waals surface area contributed by atoms with Gasteiger partial charge in [0.25, 0.3) is 0 Å². The van der Waals surface area contributed by atoms with E-state index in [9.17, 15) is 0 Å². The molecular weight excluding hydrogens is 276 g/mol. The summed E-state index contributed by atoms with van der Waals surface area (Å²) < 4.78 is 6.18. The first kappa shape index (κ1) is 16.7. The van der Waals surface area contributed by atoms with Crippen molar-refractivity contribution >= 4 is 12.6 Å². The van der Waals surface area contributed by atoms with Crippen LogP contribution in [0.15, 0.2) is 18.2 Å². The Bertz CT molecular complexity index is 435. The van der Waals surface area contributed by atoms with Gasteiger partial charge in [-0.05, 0) is 67.5 Å². The van der Waals surface area contributed by atoms with Crippen LogP contribution < -0.4 is 4.74 Å². The highest BCUT2D eigenvalue weighted by atomic mass is 32.1. The van der Waals surface area contributed by atoms with E-state index in [0.717, 1.165) is 18.1 Å². The summed E-state index contributed by atoms with van der Waals surface area (Å²) in [4.78, 5) is 0. The minimum absolute atomic E-state index is 0.239. The molecule has 0 spiro atoms. The summed E-state index contributed by atoms with van der Waals surface area (Å²) in [5.74, 6) is 1.97. The van der Waals surface area contributed by atoms with E-state index in [1.165, 1.54) is 62.5 Å². The van der Waals surface area contributed by atoms with E-state index in [0.29, 0.717) is 0 Å². The van der Waals surface area contributed by atoms with E-state index in [4.69, 9.17) is 4.74 Å². The zero-order valence-electron chi connectivity index (χ0n) is 13.7. The van der Waals surface area contributed by atoms with Crippen molar-refractivity contribution in [2.45, 2.75) is 65.2 Å². The van der Waals surface area contributed by atoms with Gasteiger partial charge in [-0.3, -0.25) is 0 Å². The fraction of sp³-hybridized carbons (Fsp3) is 0.684. The lowest BCUT2D eigenvalue weighted by Crippen LogP contribution is -2.30. The quantitative estimate of drug-likeness (QED) is 0.627. The number of fused-ring (bicyclic) bond motifs is 1. The van der Waals surface area contributed by atoms with Crippen LogP contribution in [0, 0.1) is 5.41 Å². The van der Waals surface area contributed by atoms with E-state index < -0.39 is 0 Å². The van der Waals surface area contributed by atoms with Gasteiger partial charge in [0, 0.05) is 5.41 Å². The summed E-state index contributed by atoms with van der Waals surface area (Å²) in [5.41, 5.74) is 3.26. The molecule has 0 radical (unpaired) electrons. The molecule has 0 aromatic heterocycles. The molecule has 0 heterocycles. The summed E-state index contributed by atoms with van der Waals surface area (Å²) >= 11 is 4.62. The third kappa shape index (κ3) is 4.42. The van der Waals surface area contributed by atoms with Gasteiger partial charge < -0.3 is 4.74 Å². The zero-order valence-corrected chi connectivity index (χ0v) is 14.6. The molecule has 0 unspecified atom stereocenters. The highest BCUT2D eigenvalue weighted by Crippen LogP contribution is 2.33. The van der Waals surface area contributed by atoms with Gasteiger partial charge in [-0.25, -0.2) is 0 Å². The largest absolute Gasteiger partial charge is 0.493 e. The van der Waals surface area contributed by atoms with E-state index in [2.05, 4.69) is 44.7 Å². The Morgan fingerprint density at radius 2 is 1.71 bits per heavy atom. The number of rotatable bonds is 8. The van der Waals surface area contributed by atoms with Crippen LogP contribution >= 0.6 is 12.6 Å². The molecule has 2 rings (SSSR count). The smallest absolute Gasteiger partial charge is 0.119 e. The Hall–Kier alpha value is -0.630. The fourth-order valence-electron chi connectivity index (χ4n) is 3.57. The number of hydrogen-bond donors (Lipinski definition) is 1. The summed E-state index contributed by atoms with van der Waals surface area (Å²) in [5, 5.41) is 0. The maximum atomic E-state index is 6.18. The van der Waals surface area contributed by atoms with Crippen LogP contribution in [0.1, 0.15) is 63.5 Å². The van der Waals surface area contributed by atoms with E-state index in [1.54, 1.807) is 0 Å². The van der Waals surface area contributed by atoms with Gasteiger partial charge in [-0.2, -0.15) is 12.6 Å². The summed E-state index contributed by atoms with van der Waals surface area (Å²) in [7, 11) is 0. The van der Waals surface area contributed by atoms with Gasteiger partial charge in [0.1, 0.15) is 5.75 Å². The van der Waals surface area contributed by atoms with Crippen molar-refractivity contribution in [3.8, 4) is 5.75 Å². The monoisotopic (exact) mass is 306 g/mol. The topological polar surface area (TPSA) is 9.23 Å². The van der Waals surface area contributed by atoms with Crippen LogP contribution in [0.3, 0.4) is 0 Å². The Labute approximate surface area is 135 Å². The Balaban J connectivity index is 2.03. The molecular formula is C19H30OS. The highest BCUT2D eigenvalue weighted by molar-refractivity contribution is 7.80. The first-order chi connectivity index (χ1) is 10.2. The lowest BCUT2D eigenvalue weighted by atomic mass is 9.82. The molecule has 0 atom stereocenters. The maximum Gasteiger partial charge on any atom is 0.119 e. The first-order valence-electron chi connectivity index (χ1n) is 8.58. The standard InChI is InChI=1S/C19H30OS/c1-3-11-19(15-21,12-4-2)14-20-18-10-9-16-7-5-6-8-17(16)13-18/h9-10,13,21H,3-8,11-12,14-15H2,1-2H3. The Morgan fingerprint density at radius 3 is 2.33 bits per heavy atom. The van der Waals surface area contributed by atoms with Crippen LogP contribution in [-0.2, 0) is 12.8 Å². The minimum atomic E-state index is 0.239.